The first-order valence-corrected chi connectivity index (χ1v) is 6.66. The molecule has 0 saturated carbocycles. The van der Waals surface area contributed by atoms with E-state index in [1.54, 1.807) is 7.11 Å². The number of methoxy groups -OCH3 is 1. The standard InChI is InChI=1S/C10H13BrN2O2S/c1-15-8-4-12-3-7(8)13-10(14)6-2-9(11)16-5-6/h2,5,7-8,12H,3-4H2,1H3,(H,13,14)/t7?,8-/m0/s1. The van der Waals surface area contributed by atoms with E-state index in [9.17, 15) is 4.79 Å². The molecule has 88 valence electrons. The molecule has 0 radical (unpaired) electrons. The number of rotatable bonds is 3. The van der Waals surface area contributed by atoms with Gasteiger partial charge in [0.15, 0.2) is 0 Å². The molecule has 2 rings (SSSR count). The summed E-state index contributed by atoms with van der Waals surface area (Å²) in [7, 11) is 1.66. The molecule has 6 heteroatoms. The minimum Gasteiger partial charge on any atom is -0.378 e. The fourth-order valence-electron chi connectivity index (χ4n) is 1.73. The van der Waals surface area contributed by atoms with Gasteiger partial charge in [0.25, 0.3) is 5.91 Å². The summed E-state index contributed by atoms with van der Waals surface area (Å²) in [5.74, 6) is -0.0438. The van der Waals surface area contributed by atoms with E-state index in [0.717, 1.165) is 16.9 Å². The highest BCUT2D eigenvalue weighted by Crippen LogP contribution is 2.20. The van der Waals surface area contributed by atoms with Crippen molar-refractivity contribution in [2.24, 2.45) is 0 Å². The summed E-state index contributed by atoms with van der Waals surface area (Å²) in [5, 5.41) is 7.99. The van der Waals surface area contributed by atoms with Crippen molar-refractivity contribution < 1.29 is 9.53 Å². The summed E-state index contributed by atoms with van der Waals surface area (Å²) in [6, 6.07) is 1.88. The van der Waals surface area contributed by atoms with Gasteiger partial charge in [-0.05, 0) is 22.0 Å². The summed E-state index contributed by atoms with van der Waals surface area (Å²) in [6.07, 6.45) is 0.0611. The maximum atomic E-state index is 11.9. The minimum atomic E-state index is -0.0438. The van der Waals surface area contributed by atoms with Crippen molar-refractivity contribution in [2.75, 3.05) is 20.2 Å². The highest BCUT2D eigenvalue weighted by molar-refractivity contribution is 9.11. The Hall–Kier alpha value is -0.430. The monoisotopic (exact) mass is 304 g/mol. The number of ether oxygens (including phenoxy) is 1. The first kappa shape index (κ1) is 12.0. The van der Waals surface area contributed by atoms with Crippen LogP contribution in [0.5, 0.6) is 0 Å². The number of hydrogen-bond acceptors (Lipinski definition) is 4. The van der Waals surface area contributed by atoms with Gasteiger partial charge >= 0.3 is 0 Å². The zero-order valence-corrected chi connectivity index (χ0v) is 11.2. The van der Waals surface area contributed by atoms with Crippen molar-refractivity contribution in [2.45, 2.75) is 12.1 Å². The first-order valence-electron chi connectivity index (χ1n) is 4.99. The molecule has 0 aromatic carbocycles. The number of carbonyl (C=O) groups is 1. The zero-order valence-electron chi connectivity index (χ0n) is 8.83. The summed E-state index contributed by atoms with van der Waals surface area (Å²) >= 11 is 4.85. The van der Waals surface area contributed by atoms with Crippen LogP contribution in [-0.4, -0.2) is 38.3 Å². The van der Waals surface area contributed by atoms with E-state index in [0.29, 0.717) is 5.56 Å². The van der Waals surface area contributed by atoms with Crippen LogP contribution in [0.15, 0.2) is 15.2 Å². The second-order valence-electron chi connectivity index (χ2n) is 3.65. The van der Waals surface area contributed by atoms with Crippen LogP contribution in [0.4, 0.5) is 0 Å². The van der Waals surface area contributed by atoms with E-state index in [2.05, 4.69) is 26.6 Å². The molecule has 1 aromatic rings. The lowest BCUT2D eigenvalue weighted by molar-refractivity contribution is 0.0780. The van der Waals surface area contributed by atoms with Crippen molar-refractivity contribution in [1.29, 1.82) is 0 Å². The first-order chi connectivity index (χ1) is 7.70. The molecule has 1 saturated heterocycles. The molecule has 1 amide bonds. The highest BCUT2D eigenvalue weighted by Gasteiger charge is 2.28. The van der Waals surface area contributed by atoms with E-state index in [-0.39, 0.29) is 18.1 Å². The van der Waals surface area contributed by atoms with Crippen LogP contribution in [0.25, 0.3) is 0 Å². The number of hydrogen-bond donors (Lipinski definition) is 2. The smallest absolute Gasteiger partial charge is 0.252 e. The fourth-order valence-corrected chi connectivity index (χ4v) is 2.86. The van der Waals surface area contributed by atoms with Crippen molar-refractivity contribution >= 4 is 33.2 Å². The molecule has 16 heavy (non-hydrogen) atoms. The minimum absolute atomic E-state index is 0.0438. The molecule has 0 spiro atoms. The maximum absolute atomic E-state index is 11.9. The normalized spacial score (nSPS) is 24.6. The van der Waals surface area contributed by atoms with Crippen molar-refractivity contribution in [1.82, 2.24) is 10.6 Å². The maximum Gasteiger partial charge on any atom is 0.252 e. The summed E-state index contributed by atoms with van der Waals surface area (Å²) in [6.45, 7) is 1.55. The lowest BCUT2D eigenvalue weighted by atomic mass is 10.2. The predicted molar refractivity (Wildman–Crippen MR) is 66.9 cm³/mol. The number of thiophene rings is 1. The lowest BCUT2D eigenvalue weighted by Crippen LogP contribution is -2.43. The van der Waals surface area contributed by atoms with Crippen LogP contribution in [0.2, 0.25) is 0 Å². The van der Waals surface area contributed by atoms with Gasteiger partial charge in [0.2, 0.25) is 0 Å². The van der Waals surface area contributed by atoms with Crippen LogP contribution in [0.1, 0.15) is 10.4 Å². The third-order valence-electron chi connectivity index (χ3n) is 2.61. The Balaban J connectivity index is 1.97. The number of nitrogens with one attached hydrogen (secondary N) is 2. The van der Waals surface area contributed by atoms with Gasteiger partial charge in [-0.15, -0.1) is 11.3 Å². The average Bonchev–Trinajstić information content (AvgIpc) is 2.86. The van der Waals surface area contributed by atoms with Crippen LogP contribution in [0.3, 0.4) is 0 Å². The van der Waals surface area contributed by atoms with Crippen molar-refractivity contribution in [3.05, 3.63) is 20.8 Å². The Morgan fingerprint density at radius 3 is 3.12 bits per heavy atom. The van der Waals surface area contributed by atoms with E-state index < -0.39 is 0 Å². The second-order valence-corrected chi connectivity index (χ2v) is 5.94. The molecular formula is C10H13BrN2O2S. The molecule has 1 aromatic heterocycles. The van der Waals surface area contributed by atoms with Gasteiger partial charge in [-0.2, -0.15) is 0 Å². The van der Waals surface area contributed by atoms with Gasteiger partial charge < -0.3 is 15.4 Å². The Kier molecular flexibility index (Phi) is 3.96. The average molecular weight is 305 g/mol. The van der Waals surface area contributed by atoms with Crippen LogP contribution in [-0.2, 0) is 4.74 Å². The zero-order chi connectivity index (χ0) is 11.5. The van der Waals surface area contributed by atoms with Gasteiger partial charge in [-0.3, -0.25) is 4.79 Å². The Bertz CT molecular complexity index is 383. The molecule has 2 atom stereocenters. The number of carbonyl (C=O) groups excluding carboxylic acids is 1. The van der Waals surface area contributed by atoms with Gasteiger partial charge in [0.05, 0.1) is 21.5 Å². The van der Waals surface area contributed by atoms with Crippen LogP contribution >= 0.6 is 27.3 Å². The molecule has 1 unspecified atom stereocenters. The molecule has 2 N–H and O–H groups in total. The van der Waals surface area contributed by atoms with Gasteiger partial charge in [0, 0.05) is 25.6 Å². The highest BCUT2D eigenvalue weighted by atomic mass is 79.9. The molecule has 1 aliphatic rings. The third-order valence-corrected chi connectivity index (χ3v) is 4.11. The Morgan fingerprint density at radius 2 is 2.50 bits per heavy atom. The molecular weight excluding hydrogens is 292 g/mol. The van der Waals surface area contributed by atoms with Crippen molar-refractivity contribution in [3.8, 4) is 0 Å². The summed E-state index contributed by atoms with van der Waals surface area (Å²) in [4.78, 5) is 11.9. The third kappa shape index (κ3) is 2.63. The second kappa shape index (κ2) is 5.27. The Morgan fingerprint density at radius 1 is 1.69 bits per heavy atom. The molecule has 0 aliphatic carbocycles. The molecule has 2 heterocycles. The van der Waals surface area contributed by atoms with Gasteiger partial charge in [-0.25, -0.2) is 0 Å². The number of halogens is 1. The topological polar surface area (TPSA) is 50.4 Å². The fraction of sp³-hybridized carbons (Fsp3) is 0.500. The quantitative estimate of drug-likeness (QED) is 0.883. The molecule has 1 fully saturated rings. The largest absolute Gasteiger partial charge is 0.378 e. The summed E-state index contributed by atoms with van der Waals surface area (Å²) < 4.78 is 6.25. The molecule has 4 nitrogen and oxygen atoms in total. The van der Waals surface area contributed by atoms with E-state index >= 15 is 0 Å². The molecule has 0 bridgehead atoms. The summed E-state index contributed by atoms with van der Waals surface area (Å²) in [5.41, 5.74) is 0.693. The van der Waals surface area contributed by atoms with E-state index in [1.807, 2.05) is 11.4 Å². The van der Waals surface area contributed by atoms with E-state index in [1.165, 1.54) is 11.3 Å². The predicted octanol–water partition coefficient (Wildman–Crippen LogP) is 1.23. The van der Waals surface area contributed by atoms with Crippen molar-refractivity contribution in [3.63, 3.8) is 0 Å². The van der Waals surface area contributed by atoms with Gasteiger partial charge in [-0.1, -0.05) is 0 Å². The van der Waals surface area contributed by atoms with Crippen LogP contribution in [0, 0.1) is 0 Å². The number of amides is 1. The van der Waals surface area contributed by atoms with Crippen LogP contribution < -0.4 is 10.6 Å². The van der Waals surface area contributed by atoms with E-state index in [4.69, 9.17) is 4.74 Å². The van der Waals surface area contributed by atoms with Gasteiger partial charge in [0.1, 0.15) is 0 Å². The lowest BCUT2D eigenvalue weighted by Gasteiger charge is -2.18. The Labute approximate surface area is 106 Å². The SMILES string of the molecule is CO[C@H]1CNCC1NC(=O)c1csc(Br)c1. The molecule has 1 aliphatic heterocycles.